The van der Waals surface area contributed by atoms with Crippen molar-refractivity contribution in [3.63, 3.8) is 0 Å². The number of hydrogen-bond acceptors (Lipinski definition) is 4. The van der Waals surface area contributed by atoms with Crippen molar-refractivity contribution >= 4 is 21.9 Å². The van der Waals surface area contributed by atoms with Gasteiger partial charge in [0, 0.05) is 11.5 Å². The molecular formula is C14H14N2O2. The zero-order chi connectivity index (χ0) is 12.9. The van der Waals surface area contributed by atoms with Crippen LogP contribution in [0, 0.1) is 20.8 Å². The molecule has 0 atom stereocenters. The highest BCUT2D eigenvalue weighted by Crippen LogP contribution is 2.32. The Labute approximate surface area is 104 Å². The first-order chi connectivity index (χ1) is 8.61. The van der Waals surface area contributed by atoms with Gasteiger partial charge in [-0.3, -0.25) is 0 Å². The molecule has 0 spiro atoms. The first kappa shape index (κ1) is 10.9. The fourth-order valence-corrected chi connectivity index (χ4v) is 2.49. The second-order valence-electron chi connectivity index (χ2n) is 4.59. The van der Waals surface area contributed by atoms with Gasteiger partial charge >= 0.3 is 0 Å². The summed E-state index contributed by atoms with van der Waals surface area (Å²) in [7, 11) is 0. The lowest BCUT2D eigenvalue weighted by Gasteiger charge is -2.05. The molecule has 4 heteroatoms. The first-order valence-electron chi connectivity index (χ1n) is 5.77. The number of hydrogen-bond donors (Lipinski definition) is 1. The Morgan fingerprint density at radius 2 is 1.72 bits per heavy atom. The minimum atomic E-state index is 0.419. The maximum Gasteiger partial charge on any atom is 0.236 e. The second kappa shape index (κ2) is 3.63. The Morgan fingerprint density at radius 1 is 1.00 bits per heavy atom. The summed E-state index contributed by atoms with van der Waals surface area (Å²) in [6.45, 7) is 6.08. The van der Waals surface area contributed by atoms with Crippen LogP contribution >= 0.6 is 0 Å². The van der Waals surface area contributed by atoms with Crippen LogP contribution in [0.25, 0.3) is 21.9 Å². The minimum absolute atomic E-state index is 0.419. The normalized spacial score (nSPS) is 12.7. The lowest BCUT2D eigenvalue weighted by molar-refractivity contribution is 0.534. The molecule has 0 bridgehead atoms. The lowest BCUT2D eigenvalue weighted by atomic mass is 10.0. The van der Waals surface area contributed by atoms with Crippen molar-refractivity contribution in [3.8, 4) is 0 Å². The van der Waals surface area contributed by atoms with E-state index in [1.54, 1.807) is 6.26 Å². The van der Waals surface area contributed by atoms with Gasteiger partial charge in [-0.2, -0.15) is 0 Å². The SMILES string of the molecule is Cc1coc2c1c(C)cc1oc(=NN)cc(C)c12. The fourth-order valence-electron chi connectivity index (χ4n) is 2.49. The smallest absolute Gasteiger partial charge is 0.236 e. The van der Waals surface area contributed by atoms with Crippen molar-refractivity contribution in [1.29, 1.82) is 0 Å². The van der Waals surface area contributed by atoms with Gasteiger partial charge in [-0.15, -0.1) is 5.10 Å². The summed E-state index contributed by atoms with van der Waals surface area (Å²) in [5.74, 6) is 5.27. The number of furan rings is 1. The second-order valence-corrected chi connectivity index (χ2v) is 4.59. The van der Waals surface area contributed by atoms with E-state index in [1.807, 2.05) is 32.9 Å². The zero-order valence-corrected chi connectivity index (χ0v) is 10.6. The van der Waals surface area contributed by atoms with Crippen LogP contribution in [0.5, 0.6) is 0 Å². The predicted octanol–water partition coefficient (Wildman–Crippen LogP) is 2.88. The maximum absolute atomic E-state index is 5.68. The average molecular weight is 242 g/mol. The Morgan fingerprint density at radius 3 is 2.44 bits per heavy atom. The summed E-state index contributed by atoms with van der Waals surface area (Å²) in [6, 6.07) is 3.82. The molecule has 0 saturated carbocycles. The van der Waals surface area contributed by atoms with Crippen molar-refractivity contribution < 1.29 is 8.83 Å². The Hall–Kier alpha value is -2.23. The van der Waals surface area contributed by atoms with E-state index in [9.17, 15) is 0 Å². The zero-order valence-electron chi connectivity index (χ0n) is 10.6. The van der Waals surface area contributed by atoms with Crippen LogP contribution in [-0.4, -0.2) is 0 Å². The van der Waals surface area contributed by atoms with E-state index in [-0.39, 0.29) is 0 Å². The predicted molar refractivity (Wildman–Crippen MR) is 69.9 cm³/mol. The number of fused-ring (bicyclic) bond motifs is 3. The minimum Gasteiger partial charge on any atom is -0.463 e. The van der Waals surface area contributed by atoms with Crippen LogP contribution in [0.2, 0.25) is 0 Å². The third kappa shape index (κ3) is 1.35. The summed E-state index contributed by atoms with van der Waals surface area (Å²) in [6.07, 6.45) is 1.78. The lowest BCUT2D eigenvalue weighted by Crippen LogP contribution is -2.05. The standard InChI is InChI=1S/C14H14N2O2/c1-7-4-10-13(8(2)5-11(16-15)18-10)14-12(7)9(3)6-17-14/h4-6H,15H2,1-3H3. The van der Waals surface area contributed by atoms with Crippen LogP contribution in [0.4, 0.5) is 0 Å². The molecular weight excluding hydrogens is 228 g/mol. The molecule has 3 aromatic rings. The highest BCUT2D eigenvalue weighted by molar-refractivity contribution is 6.06. The molecule has 0 amide bonds. The molecule has 0 saturated heterocycles. The molecule has 2 heterocycles. The number of rotatable bonds is 0. The van der Waals surface area contributed by atoms with Crippen molar-refractivity contribution in [2.24, 2.45) is 10.9 Å². The molecule has 4 nitrogen and oxygen atoms in total. The van der Waals surface area contributed by atoms with Gasteiger partial charge in [-0.05, 0) is 43.5 Å². The highest BCUT2D eigenvalue weighted by Gasteiger charge is 2.13. The molecule has 0 fully saturated rings. The third-order valence-electron chi connectivity index (χ3n) is 3.27. The molecule has 92 valence electrons. The number of benzene rings is 1. The maximum atomic E-state index is 5.68. The van der Waals surface area contributed by atoms with Crippen LogP contribution in [-0.2, 0) is 0 Å². The molecule has 0 aliphatic carbocycles. The van der Waals surface area contributed by atoms with E-state index < -0.39 is 0 Å². The summed E-state index contributed by atoms with van der Waals surface area (Å²) in [4.78, 5) is 0. The third-order valence-corrected chi connectivity index (χ3v) is 3.27. The van der Waals surface area contributed by atoms with Gasteiger partial charge in [0.2, 0.25) is 5.55 Å². The fraction of sp³-hybridized carbons (Fsp3) is 0.214. The summed E-state index contributed by atoms with van der Waals surface area (Å²) < 4.78 is 11.3. The van der Waals surface area contributed by atoms with Gasteiger partial charge in [0.1, 0.15) is 11.2 Å². The Bertz CT molecular complexity index is 825. The molecule has 0 unspecified atom stereocenters. The number of nitrogens with two attached hydrogens (primary N) is 1. The molecule has 0 aliphatic heterocycles. The molecule has 2 aromatic heterocycles. The number of aryl methyl sites for hydroxylation is 3. The largest absolute Gasteiger partial charge is 0.463 e. The van der Waals surface area contributed by atoms with Gasteiger partial charge in [-0.1, -0.05) is 0 Å². The topological polar surface area (TPSA) is 64.7 Å². The molecule has 0 aliphatic rings. The van der Waals surface area contributed by atoms with E-state index >= 15 is 0 Å². The van der Waals surface area contributed by atoms with Crippen LogP contribution in [0.3, 0.4) is 0 Å². The highest BCUT2D eigenvalue weighted by atomic mass is 16.3. The van der Waals surface area contributed by atoms with E-state index in [0.717, 1.165) is 38.6 Å². The van der Waals surface area contributed by atoms with Gasteiger partial charge in [-0.25, -0.2) is 0 Å². The van der Waals surface area contributed by atoms with Crippen molar-refractivity contribution in [2.75, 3.05) is 0 Å². The average Bonchev–Trinajstić information content (AvgIpc) is 2.71. The Kier molecular flexibility index (Phi) is 2.20. The van der Waals surface area contributed by atoms with Crippen LogP contribution in [0.15, 0.2) is 32.3 Å². The van der Waals surface area contributed by atoms with Crippen molar-refractivity contribution in [2.45, 2.75) is 20.8 Å². The number of nitrogens with zero attached hydrogens (tertiary/aromatic N) is 1. The van der Waals surface area contributed by atoms with E-state index in [4.69, 9.17) is 14.7 Å². The molecule has 3 rings (SSSR count). The summed E-state index contributed by atoms with van der Waals surface area (Å²) >= 11 is 0. The van der Waals surface area contributed by atoms with E-state index in [0.29, 0.717) is 5.55 Å². The molecule has 0 radical (unpaired) electrons. The van der Waals surface area contributed by atoms with Gasteiger partial charge in [0.05, 0.1) is 11.6 Å². The molecule has 1 aromatic carbocycles. The summed E-state index contributed by atoms with van der Waals surface area (Å²) in [5, 5.41) is 5.73. The molecule has 18 heavy (non-hydrogen) atoms. The van der Waals surface area contributed by atoms with Gasteiger partial charge in [0.15, 0.2) is 0 Å². The van der Waals surface area contributed by atoms with E-state index in [2.05, 4.69) is 5.10 Å². The van der Waals surface area contributed by atoms with Crippen molar-refractivity contribution in [1.82, 2.24) is 0 Å². The monoisotopic (exact) mass is 242 g/mol. The first-order valence-corrected chi connectivity index (χ1v) is 5.77. The van der Waals surface area contributed by atoms with Crippen LogP contribution in [0.1, 0.15) is 16.7 Å². The van der Waals surface area contributed by atoms with E-state index in [1.165, 1.54) is 0 Å². The van der Waals surface area contributed by atoms with Gasteiger partial charge < -0.3 is 14.7 Å². The molecule has 2 N–H and O–H groups in total. The quantitative estimate of drug-likeness (QED) is 0.487. The van der Waals surface area contributed by atoms with Crippen LogP contribution < -0.4 is 11.4 Å². The van der Waals surface area contributed by atoms with Crippen molar-refractivity contribution in [3.05, 3.63) is 40.6 Å². The Balaban J connectivity index is 2.63. The summed E-state index contributed by atoms with van der Waals surface area (Å²) in [5.41, 5.74) is 5.34. The van der Waals surface area contributed by atoms with Gasteiger partial charge in [0.25, 0.3) is 0 Å².